The summed E-state index contributed by atoms with van der Waals surface area (Å²) in [5.74, 6) is 0.735. The van der Waals surface area contributed by atoms with Gasteiger partial charge in [0.25, 0.3) is 0 Å². The van der Waals surface area contributed by atoms with E-state index >= 15 is 0 Å². The third-order valence-electron chi connectivity index (χ3n) is 5.34. The monoisotopic (exact) mass is 399 g/mol. The normalized spacial score (nSPS) is 11.0. The molecule has 0 spiro atoms. The van der Waals surface area contributed by atoms with Crippen molar-refractivity contribution in [3.8, 4) is 5.75 Å². The lowest BCUT2D eigenvalue weighted by atomic mass is 10.0. The van der Waals surface area contributed by atoms with Crippen LogP contribution in [0.5, 0.6) is 5.75 Å². The van der Waals surface area contributed by atoms with Crippen molar-refractivity contribution in [3.63, 3.8) is 0 Å². The van der Waals surface area contributed by atoms with E-state index in [-0.39, 0.29) is 5.82 Å². The van der Waals surface area contributed by atoms with Gasteiger partial charge in [-0.15, -0.1) is 0 Å². The van der Waals surface area contributed by atoms with Crippen LogP contribution in [0.2, 0.25) is 0 Å². The highest BCUT2D eigenvalue weighted by Gasteiger charge is 2.10. The zero-order valence-electron chi connectivity index (χ0n) is 17.2. The Labute approximate surface area is 177 Å². The average Bonchev–Trinajstić information content (AvgIpc) is 2.78. The number of aryl methyl sites for hydroxylation is 1. The first-order valence-electron chi connectivity index (χ1n) is 10.3. The summed E-state index contributed by atoms with van der Waals surface area (Å²) in [5, 5.41) is 5.83. The van der Waals surface area contributed by atoms with Crippen LogP contribution < -0.4 is 10.1 Å². The van der Waals surface area contributed by atoms with Gasteiger partial charge in [-0.05, 0) is 53.9 Å². The summed E-state index contributed by atoms with van der Waals surface area (Å²) in [6, 6.07) is 27.8. The van der Waals surface area contributed by atoms with Gasteiger partial charge in [0, 0.05) is 12.1 Å². The minimum absolute atomic E-state index is 0.147. The molecule has 3 heteroatoms. The number of halogens is 1. The van der Waals surface area contributed by atoms with Crippen molar-refractivity contribution in [2.75, 3.05) is 6.54 Å². The van der Waals surface area contributed by atoms with Crippen LogP contribution in [0.4, 0.5) is 4.39 Å². The summed E-state index contributed by atoms with van der Waals surface area (Å²) in [5.41, 5.74) is 4.25. The number of ether oxygens (including phenoxy) is 1. The fourth-order valence-electron chi connectivity index (χ4n) is 3.62. The predicted octanol–water partition coefficient (Wildman–Crippen LogP) is 6.20. The SMILES string of the molecule is Cc1ccc(COc2ccc3ccccc3c2CNCCc2ccccc2F)cc1. The van der Waals surface area contributed by atoms with E-state index in [0.717, 1.165) is 22.4 Å². The van der Waals surface area contributed by atoms with Crippen molar-refractivity contribution in [1.82, 2.24) is 5.32 Å². The van der Waals surface area contributed by atoms with E-state index in [1.165, 1.54) is 22.4 Å². The molecule has 0 saturated heterocycles. The van der Waals surface area contributed by atoms with Crippen LogP contribution in [0.15, 0.2) is 84.9 Å². The molecule has 30 heavy (non-hydrogen) atoms. The smallest absolute Gasteiger partial charge is 0.126 e. The molecule has 0 aromatic heterocycles. The number of fused-ring (bicyclic) bond motifs is 1. The van der Waals surface area contributed by atoms with Gasteiger partial charge in [0.1, 0.15) is 18.2 Å². The lowest BCUT2D eigenvalue weighted by Gasteiger charge is -2.15. The molecule has 1 N–H and O–H groups in total. The second-order valence-electron chi connectivity index (χ2n) is 7.56. The Morgan fingerprint density at radius 1 is 0.833 bits per heavy atom. The maximum atomic E-state index is 13.9. The van der Waals surface area contributed by atoms with E-state index < -0.39 is 0 Å². The summed E-state index contributed by atoms with van der Waals surface area (Å²) >= 11 is 0. The second-order valence-corrected chi connectivity index (χ2v) is 7.56. The van der Waals surface area contributed by atoms with Crippen molar-refractivity contribution >= 4 is 10.8 Å². The highest BCUT2D eigenvalue weighted by Crippen LogP contribution is 2.29. The highest BCUT2D eigenvalue weighted by molar-refractivity contribution is 5.87. The standard InChI is InChI=1S/C27H26FNO/c1-20-10-12-21(13-11-20)19-30-27-15-14-22-6-2-4-8-24(22)25(27)18-29-17-16-23-7-3-5-9-26(23)28/h2-15,29H,16-19H2,1H3. The molecule has 0 saturated carbocycles. The first-order valence-corrected chi connectivity index (χ1v) is 10.3. The fraction of sp³-hybridized carbons (Fsp3) is 0.185. The van der Waals surface area contributed by atoms with E-state index in [9.17, 15) is 4.39 Å². The Morgan fingerprint density at radius 2 is 1.60 bits per heavy atom. The van der Waals surface area contributed by atoms with Crippen LogP contribution in [0.1, 0.15) is 22.3 Å². The fourth-order valence-corrected chi connectivity index (χ4v) is 3.62. The predicted molar refractivity (Wildman–Crippen MR) is 121 cm³/mol. The Hall–Kier alpha value is -3.17. The molecule has 4 rings (SSSR count). The zero-order chi connectivity index (χ0) is 20.8. The molecule has 2 nitrogen and oxygen atoms in total. The Kier molecular flexibility index (Phi) is 6.41. The second kappa shape index (κ2) is 9.55. The minimum atomic E-state index is -0.147. The largest absolute Gasteiger partial charge is 0.489 e. The van der Waals surface area contributed by atoms with Gasteiger partial charge in [-0.25, -0.2) is 4.39 Å². The van der Waals surface area contributed by atoms with E-state index in [0.29, 0.717) is 26.1 Å². The molecule has 0 amide bonds. The van der Waals surface area contributed by atoms with E-state index in [4.69, 9.17) is 4.74 Å². The van der Waals surface area contributed by atoms with Crippen LogP contribution in [-0.2, 0) is 19.6 Å². The summed E-state index contributed by atoms with van der Waals surface area (Å²) < 4.78 is 20.1. The molecule has 4 aromatic rings. The van der Waals surface area contributed by atoms with Crippen molar-refractivity contribution < 1.29 is 9.13 Å². The van der Waals surface area contributed by atoms with E-state index in [2.05, 4.69) is 60.8 Å². The third kappa shape index (κ3) is 4.87. The molecular formula is C27H26FNO. The molecule has 0 fully saturated rings. The van der Waals surface area contributed by atoms with Crippen molar-refractivity contribution in [2.24, 2.45) is 0 Å². The molecule has 0 aliphatic carbocycles. The van der Waals surface area contributed by atoms with Gasteiger partial charge < -0.3 is 10.1 Å². The first kappa shape index (κ1) is 20.1. The third-order valence-corrected chi connectivity index (χ3v) is 5.34. The molecule has 0 unspecified atom stereocenters. The van der Waals surface area contributed by atoms with Crippen molar-refractivity contribution in [3.05, 3.63) is 113 Å². The number of hydrogen-bond donors (Lipinski definition) is 1. The minimum Gasteiger partial charge on any atom is -0.489 e. The maximum Gasteiger partial charge on any atom is 0.126 e. The molecule has 4 aromatic carbocycles. The number of benzene rings is 4. The summed E-state index contributed by atoms with van der Waals surface area (Å²) in [7, 11) is 0. The van der Waals surface area contributed by atoms with E-state index in [1.54, 1.807) is 6.07 Å². The number of rotatable bonds is 8. The van der Waals surface area contributed by atoms with Gasteiger partial charge >= 0.3 is 0 Å². The lowest BCUT2D eigenvalue weighted by molar-refractivity contribution is 0.303. The molecule has 0 bridgehead atoms. The molecular weight excluding hydrogens is 373 g/mol. The molecule has 152 valence electrons. The average molecular weight is 400 g/mol. The zero-order valence-corrected chi connectivity index (χ0v) is 17.2. The van der Waals surface area contributed by atoms with Crippen LogP contribution in [0.25, 0.3) is 10.8 Å². The lowest BCUT2D eigenvalue weighted by Crippen LogP contribution is -2.18. The van der Waals surface area contributed by atoms with Gasteiger partial charge in [-0.2, -0.15) is 0 Å². The van der Waals surface area contributed by atoms with Gasteiger partial charge in [-0.3, -0.25) is 0 Å². The van der Waals surface area contributed by atoms with Gasteiger partial charge in [0.2, 0.25) is 0 Å². The summed E-state index contributed by atoms with van der Waals surface area (Å²) in [6.07, 6.45) is 0.650. The Morgan fingerprint density at radius 3 is 2.43 bits per heavy atom. The van der Waals surface area contributed by atoms with Crippen LogP contribution in [-0.4, -0.2) is 6.54 Å². The first-order chi connectivity index (χ1) is 14.7. The van der Waals surface area contributed by atoms with Crippen LogP contribution in [0.3, 0.4) is 0 Å². The van der Waals surface area contributed by atoms with Crippen LogP contribution >= 0.6 is 0 Å². The molecule has 0 aliphatic rings. The summed E-state index contributed by atoms with van der Waals surface area (Å²) in [6.45, 7) is 3.97. The van der Waals surface area contributed by atoms with Gasteiger partial charge in [0.05, 0.1) is 0 Å². The topological polar surface area (TPSA) is 21.3 Å². The van der Waals surface area contributed by atoms with Crippen molar-refractivity contribution in [1.29, 1.82) is 0 Å². The molecule has 0 aliphatic heterocycles. The number of hydrogen-bond acceptors (Lipinski definition) is 2. The molecule has 0 atom stereocenters. The van der Waals surface area contributed by atoms with Crippen molar-refractivity contribution in [2.45, 2.75) is 26.5 Å². The van der Waals surface area contributed by atoms with Gasteiger partial charge in [0.15, 0.2) is 0 Å². The number of nitrogens with one attached hydrogen (secondary N) is 1. The van der Waals surface area contributed by atoms with E-state index in [1.807, 2.05) is 24.3 Å². The Balaban J connectivity index is 1.48. The summed E-state index contributed by atoms with van der Waals surface area (Å²) in [4.78, 5) is 0. The highest BCUT2D eigenvalue weighted by atomic mass is 19.1. The molecule has 0 heterocycles. The maximum absolute atomic E-state index is 13.9. The van der Waals surface area contributed by atoms with Gasteiger partial charge in [-0.1, -0.05) is 78.4 Å². The van der Waals surface area contributed by atoms with Crippen LogP contribution in [0, 0.1) is 12.7 Å². The Bertz CT molecular complexity index is 1120. The molecule has 0 radical (unpaired) electrons. The quantitative estimate of drug-likeness (QED) is 0.356.